The molecule has 0 unspecified atom stereocenters. The molecule has 0 N–H and O–H groups in total. The van der Waals surface area contributed by atoms with E-state index in [4.69, 9.17) is 28.4 Å². The number of rotatable bonds is 0. The van der Waals surface area contributed by atoms with Crippen LogP contribution in [-0.4, -0.2) is 52.9 Å². The highest BCUT2D eigenvalue weighted by molar-refractivity contribution is 4.62. The second-order valence-electron chi connectivity index (χ2n) is 3.25. The zero-order chi connectivity index (χ0) is 12.7. The summed E-state index contributed by atoms with van der Waals surface area (Å²) < 4.78 is 31.1. The van der Waals surface area contributed by atoms with Crippen LogP contribution in [0.2, 0.25) is 0 Å². The first kappa shape index (κ1) is 14.7. The van der Waals surface area contributed by atoms with E-state index >= 15 is 0 Å². The van der Waals surface area contributed by atoms with Crippen molar-refractivity contribution < 1.29 is 28.4 Å². The molecule has 104 valence electrons. The van der Waals surface area contributed by atoms with Gasteiger partial charge >= 0.3 is 0 Å². The highest BCUT2D eigenvalue weighted by Crippen LogP contribution is 1.87. The summed E-state index contributed by atoms with van der Waals surface area (Å²) in [4.78, 5) is 0. The Hall–Kier alpha value is -1.40. The van der Waals surface area contributed by atoms with E-state index in [-0.39, 0.29) is 0 Å². The number of hydrogen-bond acceptors (Lipinski definition) is 6. The van der Waals surface area contributed by atoms with Gasteiger partial charge in [-0.05, 0) is 0 Å². The van der Waals surface area contributed by atoms with Gasteiger partial charge in [0.15, 0.2) is 0 Å². The lowest BCUT2D eigenvalue weighted by atomic mass is 10.7. The molecule has 0 fully saturated rings. The summed E-state index contributed by atoms with van der Waals surface area (Å²) in [5.74, 6) is 0. The first-order valence-electron chi connectivity index (χ1n) is 5.92. The van der Waals surface area contributed by atoms with Crippen molar-refractivity contribution in [2.24, 2.45) is 0 Å². The van der Waals surface area contributed by atoms with Crippen LogP contribution in [0.4, 0.5) is 0 Å². The lowest BCUT2D eigenvalue weighted by Crippen LogP contribution is -2.08. The van der Waals surface area contributed by atoms with Crippen molar-refractivity contribution in [3.05, 3.63) is 25.0 Å². The number of hydrogen-bond donors (Lipinski definition) is 0. The Morgan fingerprint density at radius 2 is 0.667 bits per heavy atom. The molecule has 0 amide bonds. The van der Waals surface area contributed by atoms with E-state index in [1.165, 1.54) is 25.0 Å². The van der Waals surface area contributed by atoms with Crippen LogP contribution in [-0.2, 0) is 28.4 Å². The van der Waals surface area contributed by atoms with Gasteiger partial charge in [-0.15, -0.1) is 0 Å². The molecule has 0 aliphatic carbocycles. The minimum absolute atomic E-state index is 0.481. The maximum Gasteiger partial charge on any atom is 0.117 e. The molecule has 6 nitrogen and oxygen atoms in total. The molecule has 1 heterocycles. The van der Waals surface area contributed by atoms with Crippen LogP contribution in [0.3, 0.4) is 0 Å². The van der Waals surface area contributed by atoms with E-state index in [9.17, 15) is 0 Å². The Balaban J connectivity index is 2.12. The van der Waals surface area contributed by atoms with Gasteiger partial charge in [0.2, 0.25) is 0 Å². The molecule has 0 aromatic carbocycles. The van der Waals surface area contributed by atoms with Crippen LogP contribution in [0.1, 0.15) is 0 Å². The third kappa shape index (κ3) is 9.80. The fourth-order valence-corrected chi connectivity index (χ4v) is 1.06. The standard InChI is InChI=1S/C12H20O6/c1-2-14-5-6-16-9-10-18-12-11-17-8-7-15-4-3-13-1/h1-2,11-12H,3-10H2. The second kappa shape index (κ2) is 12.1. The first-order chi connectivity index (χ1) is 9.00. The largest absolute Gasteiger partial charge is 0.496 e. The minimum Gasteiger partial charge on any atom is -0.496 e. The molecule has 0 saturated carbocycles. The average Bonchev–Trinajstić information content (AvgIpc) is 2.39. The summed E-state index contributed by atoms with van der Waals surface area (Å²) in [5, 5.41) is 0. The molecule has 0 spiro atoms. The Kier molecular flexibility index (Phi) is 9.83. The summed E-state index contributed by atoms with van der Waals surface area (Å²) >= 11 is 0. The summed E-state index contributed by atoms with van der Waals surface area (Å²) in [7, 11) is 0. The van der Waals surface area contributed by atoms with Crippen molar-refractivity contribution in [2.45, 2.75) is 0 Å². The topological polar surface area (TPSA) is 55.4 Å². The van der Waals surface area contributed by atoms with Gasteiger partial charge in [-0.25, -0.2) is 0 Å². The normalized spacial score (nSPS) is 20.4. The zero-order valence-electron chi connectivity index (χ0n) is 10.4. The smallest absolute Gasteiger partial charge is 0.117 e. The highest BCUT2D eigenvalue weighted by atomic mass is 16.6. The predicted octanol–water partition coefficient (Wildman–Crippen LogP) is 1.04. The molecule has 0 atom stereocenters. The van der Waals surface area contributed by atoms with Crippen LogP contribution in [0, 0.1) is 0 Å². The minimum atomic E-state index is 0.481. The average molecular weight is 260 g/mol. The van der Waals surface area contributed by atoms with Gasteiger partial charge in [-0.2, -0.15) is 0 Å². The van der Waals surface area contributed by atoms with Crippen molar-refractivity contribution in [3.63, 3.8) is 0 Å². The van der Waals surface area contributed by atoms with Gasteiger partial charge in [-0.1, -0.05) is 0 Å². The summed E-state index contributed by atoms with van der Waals surface area (Å²) in [6, 6.07) is 0. The lowest BCUT2D eigenvalue weighted by Gasteiger charge is -2.06. The van der Waals surface area contributed by atoms with Crippen molar-refractivity contribution in [3.8, 4) is 0 Å². The van der Waals surface area contributed by atoms with Gasteiger partial charge in [-0.3, -0.25) is 0 Å². The summed E-state index contributed by atoms with van der Waals surface area (Å²) in [5.41, 5.74) is 0. The Morgan fingerprint density at radius 3 is 0.944 bits per heavy atom. The Morgan fingerprint density at radius 1 is 0.389 bits per heavy atom. The SMILES string of the molecule is C1=COCCOCCOC=COCCOCCO1. The third-order valence-corrected chi connectivity index (χ3v) is 1.88. The van der Waals surface area contributed by atoms with Crippen LogP contribution >= 0.6 is 0 Å². The zero-order valence-corrected chi connectivity index (χ0v) is 10.4. The van der Waals surface area contributed by atoms with Gasteiger partial charge in [0, 0.05) is 0 Å². The Bertz CT molecular complexity index is 185. The molecule has 0 bridgehead atoms. The quantitative estimate of drug-likeness (QED) is 0.648. The molecular weight excluding hydrogens is 240 g/mol. The molecule has 1 aliphatic heterocycles. The van der Waals surface area contributed by atoms with E-state index in [1.54, 1.807) is 0 Å². The predicted molar refractivity (Wildman–Crippen MR) is 63.7 cm³/mol. The molecule has 6 heteroatoms. The molecule has 1 rings (SSSR count). The van der Waals surface area contributed by atoms with Crippen LogP contribution in [0.25, 0.3) is 0 Å². The lowest BCUT2D eigenvalue weighted by molar-refractivity contribution is 0.0405. The van der Waals surface area contributed by atoms with Gasteiger partial charge in [0.05, 0.1) is 26.4 Å². The number of ether oxygens (including phenoxy) is 6. The highest BCUT2D eigenvalue weighted by Gasteiger charge is 1.90. The van der Waals surface area contributed by atoms with Gasteiger partial charge in [0.25, 0.3) is 0 Å². The Labute approximate surface area is 107 Å². The third-order valence-electron chi connectivity index (χ3n) is 1.88. The van der Waals surface area contributed by atoms with Crippen molar-refractivity contribution >= 4 is 0 Å². The molecule has 1 aliphatic rings. The first-order valence-corrected chi connectivity index (χ1v) is 5.92. The van der Waals surface area contributed by atoms with E-state index in [2.05, 4.69) is 0 Å². The van der Waals surface area contributed by atoms with Crippen molar-refractivity contribution in [1.29, 1.82) is 0 Å². The fraction of sp³-hybridized carbons (Fsp3) is 0.667. The van der Waals surface area contributed by atoms with Gasteiger partial charge in [0.1, 0.15) is 51.5 Å². The van der Waals surface area contributed by atoms with Crippen molar-refractivity contribution in [2.75, 3.05) is 52.9 Å². The summed E-state index contributed by atoms with van der Waals surface area (Å²) in [6.45, 7) is 3.97. The van der Waals surface area contributed by atoms with Crippen LogP contribution in [0.15, 0.2) is 25.0 Å². The molecule has 18 heavy (non-hydrogen) atoms. The van der Waals surface area contributed by atoms with Gasteiger partial charge < -0.3 is 28.4 Å². The maximum atomic E-state index is 5.26. The summed E-state index contributed by atoms with van der Waals surface area (Å²) in [6.07, 6.45) is 5.98. The van der Waals surface area contributed by atoms with Crippen LogP contribution in [0.5, 0.6) is 0 Å². The van der Waals surface area contributed by atoms with Crippen molar-refractivity contribution in [1.82, 2.24) is 0 Å². The molecule has 0 saturated heterocycles. The van der Waals surface area contributed by atoms with E-state index in [0.717, 1.165) is 0 Å². The fourth-order valence-electron chi connectivity index (χ4n) is 1.06. The van der Waals surface area contributed by atoms with E-state index < -0.39 is 0 Å². The second-order valence-corrected chi connectivity index (χ2v) is 3.25. The molecule has 0 aromatic heterocycles. The maximum absolute atomic E-state index is 5.26. The monoisotopic (exact) mass is 260 g/mol. The molecule has 0 radical (unpaired) electrons. The van der Waals surface area contributed by atoms with Crippen LogP contribution < -0.4 is 0 Å². The van der Waals surface area contributed by atoms with E-state index in [1.807, 2.05) is 0 Å². The molecular formula is C12H20O6. The molecule has 0 aromatic rings. The van der Waals surface area contributed by atoms with E-state index in [0.29, 0.717) is 52.9 Å².